The van der Waals surface area contributed by atoms with E-state index < -0.39 is 0 Å². The average Bonchev–Trinajstić information content (AvgIpc) is 2.63. The molecule has 0 N–H and O–H groups in total. The predicted molar refractivity (Wildman–Crippen MR) is 82.0 cm³/mol. The topological polar surface area (TPSA) is 17.1 Å². The van der Waals surface area contributed by atoms with Gasteiger partial charge in [-0.2, -0.15) is 0 Å². The van der Waals surface area contributed by atoms with Crippen molar-refractivity contribution in [2.24, 2.45) is 5.92 Å². The molecule has 0 aliphatic heterocycles. The van der Waals surface area contributed by atoms with Gasteiger partial charge in [-0.05, 0) is 43.8 Å². The molecule has 0 aliphatic rings. The van der Waals surface area contributed by atoms with E-state index in [9.17, 15) is 4.79 Å². The van der Waals surface area contributed by atoms with Crippen LogP contribution < -0.4 is 0 Å². The molecule has 0 fully saturated rings. The van der Waals surface area contributed by atoms with E-state index in [-0.39, 0.29) is 5.78 Å². The number of thiophene rings is 1. The van der Waals surface area contributed by atoms with Gasteiger partial charge in [-0.15, -0.1) is 11.3 Å². The highest BCUT2D eigenvalue weighted by Gasteiger charge is 2.17. The van der Waals surface area contributed by atoms with Gasteiger partial charge in [-0.3, -0.25) is 4.79 Å². The van der Waals surface area contributed by atoms with Crippen LogP contribution in [0.3, 0.4) is 0 Å². The Kier molecular flexibility index (Phi) is 6.97. The normalized spacial score (nSPS) is 12.7. The van der Waals surface area contributed by atoms with Crippen molar-refractivity contribution >= 4 is 49.0 Å². The molecule has 17 heavy (non-hydrogen) atoms. The minimum Gasteiger partial charge on any atom is -0.294 e. The lowest BCUT2D eigenvalue weighted by molar-refractivity contribution is 0.0956. The van der Waals surface area contributed by atoms with Gasteiger partial charge in [0, 0.05) is 12.0 Å². The molecule has 1 aromatic rings. The fourth-order valence-electron chi connectivity index (χ4n) is 1.85. The molecule has 1 nitrogen and oxygen atoms in total. The van der Waals surface area contributed by atoms with Crippen LogP contribution in [0.1, 0.15) is 56.3 Å². The van der Waals surface area contributed by atoms with Crippen molar-refractivity contribution in [2.75, 3.05) is 0 Å². The lowest BCUT2D eigenvalue weighted by atomic mass is 9.92. The summed E-state index contributed by atoms with van der Waals surface area (Å²) >= 11 is 8.43. The lowest BCUT2D eigenvalue weighted by Crippen LogP contribution is -2.08. The number of halogens is 2. The third-order valence-electron chi connectivity index (χ3n) is 2.97. The largest absolute Gasteiger partial charge is 0.294 e. The van der Waals surface area contributed by atoms with Gasteiger partial charge < -0.3 is 0 Å². The molecule has 0 saturated carbocycles. The number of carbonyl (C=O) groups excluding carboxylic acids is 1. The standard InChI is InChI=1S/C13H18Br2OS/c1-3-5-6-9(4-2)7-11(16)10-8-12(14)17-13(10)15/h8-9H,3-7H2,1-2H3. The summed E-state index contributed by atoms with van der Waals surface area (Å²) in [6, 6.07) is 1.92. The molecule has 4 heteroatoms. The molecule has 0 saturated heterocycles. The molecule has 1 atom stereocenters. The van der Waals surface area contributed by atoms with E-state index in [1.54, 1.807) is 11.3 Å². The van der Waals surface area contributed by atoms with E-state index in [0.29, 0.717) is 12.3 Å². The molecule has 0 radical (unpaired) electrons. The summed E-state index contributed by atoms with van der Waals surface area (Å²) in [6.07, 6.45) is 5.37. The first-order chi connectivity index (χ1) is 8.08. The van der Waals surface area contributed by atoms with Gasteiger partial charge in [0.15, 0.2) is 5.78 Å². The van der Waals surface area contributed by atoms with E-state index in [0.717, 1.165) is 19.6 Å². The van der Waals surface area contributed by atoms with E-state index >= 15 is 0 Å². The van der Waals surface area contributed by atoms with E-state index in [1.165, 1.54) is 19.3 Å². The minimum absolute atomic E-state index is 0.266. The number of Topliss-reactive ketones (excluding diaryl/α,β-unsaturated/α-hetero) is 1. The summed E-state index contributed by atoms with van der Waals surface area (Å²) in [7, 11) is 0. The van der Waals surface area contributed by atoms with Gasteiger partial charge in [-0.1, -0.05) is 39.5 Å². The third-order valence-corrected chi connectivity index (χ3v) is 5.31. The number of unbranched alkanes of at least 4 members (excludes halogenated alkanes) is 1. The highest BCUT2D eigenvalue weighted by Crippen LogP contribution is 2.33. The Morgan fingerprint density at radius 2 is 2.12 bits per heavy atom. The second kappa shape index (κ2) is 7.70. The van der Waals surface area contributed by atoms with Crippen LogP contribution in [0.25, 0.3) is 0 Å². The Morgan fingerprint density at radius 1 is 1.41 bits per heavy atom. The predicted octanol–water partition coefficient (Wildman–Crippen LogP) is 6.06. The molecular formula is C13H18Br2OS. The zero-order chi connectivity index (χ0) is 12.8. The first kappa shape index (κ1) is 15.4. The van der Waals surface area contributed by atoms with E-state index in [1.807, 2.05) is 6.07 Å². The van der Waals surface area contributed by atoms with Gasteiger partial charge in [0.05, 0.1) is 7.57 Å². The Hall–Kier alpha value is 0.330. The Morgan fingerprint density at radius 3 is 2.59 bits per heavy atom. The van der Waals surface area contributed by atoms with Crippen LogP contribution in [0, 0.1) is 5.92 Å². The van der Waals surface area contributed by atoms with Crippen molar-refractivity contribution in [3.8, 4) is 0 Å². The number of hydrogen-bond acceptors (Lipinski definition) is 2. The van der Waals surface area contributed by atoms with Crippen LogP contribution in [0.4, 0.5) is 0 Å². The summed E-state index contributed by atoms with van der Waals surface area (Å²) in [6.45, 7) is 4.37. The minimum atomic E-state index is 0.266. The molecule has 0 spiro atoms. The summed E-state index contributed by atoms with van der Waals surface area (Å²) < 4.78 is 1.95. The molecule has 1 aromatic heterocycles. The summed E-state index contributed by atoms with van der Waals surface area (Å²) in [5.41, 5.74) is 0.830. The van der Waals surface area contributed by atoms with Crippen LogP contribution in [-0.2, 0) is 0 Å². The summed E-state index contributed by atoms with van der Waals surface area (Å²) in [5, 5.41) is 0. The van der Waals surface area contributed by atoms with Gasteiger partial charge in [-0.25, -0.2) is 0 Å². The second-order valence-corrected chi connectivity index (χ2v) is 8.03. The second-order valence-electron chi connectivity index (χ2n) is 4.28. The average molecular weight is 382 g/mol. The highest BCUT2D eigenvalue weighted by molar-refractivity contribution is 9.12. The third kappa shape index (κ3) is 4.84. The quantitative estimate of drug-likeness (QED) is 0.524. The van der Waals surface area contributed by atoms with Crippen molar-refractivity contribution in [1.82, 2.24) is 0 Å². The molecule has 0 amide bonds. The molecule has 1 unspecified atom stereocenters. The molecule has 1 heterocycles. The van der Waals surface area contributed by atoms with Crippen molar-refractivity contribution in [2.45, 2.75) is 46.0 Å². The number of hydrogen-bond donors (Lipinski definition) is 0. The molecule has 0 aliphatic carbocycles. The van der Waals surface area contributed by atoms with Gasteiger partial charge in [0.2, 0.25) is 0 Å². The monoisotopic (exact) mass is 380 g/mol. The smallest absolute Gasteiger partial charge is 0.165 e. The number of ketones is 1. The van der Waals surface area contributed by atoms with Crippen molar-refractivity contribution in [1.29, 1.82) is 0 Å². The maximum atomic E-state index is 12.2. The molecular weight excluding hydrogens is 364 g/mol. The van der Waals surface area contributed by atoms with Crippen LogP contribution in [-0.4, -0.2) is 5.78 Å². The van der Waals surface area contributed by atoms with Gasteiger partial charge in [0.1, 0.15) is 0 Å². The fraction of sp³-hybridized carbons (Fsp3) is 0.615. The zero-order valence-electron chi connectivity index (χ0n) is 10.3. The zero-order valence-corrected chi connectivity index (χ0v) is 14.3. The molecule has 96 valence electrons. The lowest BCUT2D eigenvalue weighted by Gasteiger charge is -2.12. The maximum Gasteiger partial charge on any atom is 0.165 e. The van der Waals surface area contributed by atoms with Crippen LogP contribution in [0.2, 0.25) is 0 Å². The van der Waals surface area contributed by atoms with E-state index in [4.69, 9.17) is 0 Å². The first-order valence-corrected chi connectivity index (χ1v) is 8.46. The molecule has 0 aromatic carbocycles. The van der Waals surface area contributed by atoms with Crippen LogP contribution in [0.5, 0.6) is 0 Å². The van der Waals surface area contributed by atoms with Crippen molar-refractivity contribution < 1.29 is 4.79 Å². The number of carbonyl (C=O) groups is 1. The molecule has 1 rings (SSSR count). The SMILES string of the molecule is CCCCC(CC)CC(=O)c1cc(Br)sc1Br. The van der Waals surface area contributed by atoms with Crippen molar-refractivity contribution in [3.05, 3.63) is 19.2 Å². The fourth-order valence-corrected chi connectivity index (χ4v) is 4.70. The Labute approximate surface area is 124 Å². The Bertz CT molecular complexity index is 373. The summed E-state index contributed by atoms with van der Waals surface area (Å²) in [5.74, 6) is 0.801. The van der Waals surface area contributed by atoms with Crippen molar-refractivity contribution in [3.63, 3.8) is 0 Å². The highest BCUT2D eigenvalue weighted by atomic mass is 79.9. The van der Waals surface area contributed by atoms with Gasteiger partial charge >= 0.3 is 0 Å². The molecule has 0 bridgehead atoms. The van der Waals surface area contributed by atoms with Crippen LogP contribution in [0.15, 0.2) is 13.6 Å². The van der Waals surface area contributed by atoms with E-state index in [2.05, 4.69) is 45.7 Å². The summed E-state index contributed by atoms with van der Waals surface area (Å²) in [4.78, 5) is 12.2. The van der Waals surface area contributed by atoms with Crippen LogP contribution >= 0.6 is 43.2 Å². The van der Waals surface area contributed by atoms with Gasteiger partial charge in [0.25, 0.3) is 0 Å². The maximum absolute atomic E-state index is 12.2. The first-order valence-electron chi connectivity index (χ1n) is 6.06. The number of rotatable bonds is 7. The Balaban J connectivity index is 2.61.